The van der Waals surface area contributed by atoms with Crippen LogP contribution in [0.5, 0.6) is 0 Å². The zero-order valence-corrected chi connectivity index (χ0v) is 11.5. The molecule has 0 unspecified atom stereocenters. The van der Waals surface area contributed by atoms with Crippen molar-refractivity contribution in [2.24, 2.45) is 5.92 Å². The Bertz CT molecular complexity index is 400. The van der Waals surface area contributed by atoms with E-state index in [1.165, 1.54) is 12.8 Å². The maximum absolute atomic E-state index is 12.0. The molecular weight excluding hydrogens is 280 g/mol. The first-order chi connectivity index (χ1) is 8.15. The zero-order chi connectivity index (χ0) is 12.3. The molecule has 4 heteroatoms. The average Bonchev–Trinajstić information content (AvgIpc) is 2.32. The molecule has 0 aliphatic heterocycles. The number of hydrogen-bond donors (Lipinski definition) is 1. The van der Waals surface area contributed by atoms with Crippen LogP contribution in [0.4, 0.5) is 0 Å². The molecule has 1 saturated carbocycles. The third kappa shape index (κ3) is 3.53. The summed E-state index contributed by atoms with van der Waals surface area (Å²) in [6, 6.07) is 5.71. The monoisotopic (exact) mass is 296 g/mol. The minimum absolute atomic E-state index is 0.0640. The van der Waals surface area contributed by atoms with Gasteiger partial charge in [0.15, 0.2) is 0 Å². The zero-order valence-electron chi connectivity index (χ0n) is 9.95. The van der Waals surface area contributed by atoms with Crippen LogP contribution >= 0.6 is 15.9 Å². The Kier molecular flexibility index (Phi) is 4.15. The van der Waals surface area contributed by atoms with Gasteiger partial charge in [0.25, 0.3) is 5.91 Å². The Hall–Kier alpha value is -0.900. The van der Waals surface area contributed by atoms with Gasteiger partial charge in [-0.3, -0.25) is 4.79 Å². The molecule has 0 spiro atoms. The number of carbonyl (C=O) groups is 1. The van der Waals surface area contributed by atoms with Crippen molar-refractivity contribution < 1.29 is 4.79 Å². The number of rotatable bonds is 2. The summed E-state index contributed by atoms with van der Waals surface area (Å²) in [4.78, 5) is 16.1. The Morgan fingerprint density at radius 3 is 2.71 bits per heavy atom. The van der Waals surface area contributed by atoms with Gasteiger partial charge in [-0.05, 0) is 59.7 Å². The highest BCUT2D eigenvalue weighted by molar-refractivity contribution is 9.10. The minimum atomic E-state index is -0.0640. The van der Waals surface area contributed by atoms with Crippen LogP contribution in [0, 0.1) is 5.92 Å². The lowest BCUT2D eigenvalue weighted by Gasteiger charge is -2.26. The molecule has 17 heavy (non-hydrogen) atoms. The molecule has 0 saturated heterocycles. The fourth-order valence-corrected chi connectivity index (χ4v) is 2.54. The summed E-state index contributed by atoms with van der Waals surface area (Å²) in [5.41, 5.74) is 0.484. The standard InChI is InChI=1S/C13H17BrN2O/c1-9-5-7-10(8-6-9)15-13(17)11-3-2-4-12(14)16-11/h2-4,9-10H,5-8H2,1H3,(H,15,17)/t9-,10-. The van der Waals surface area contributed by atoms with Gasteiger partial charge in [-0.25, -0.2) is 4.98 Å². The molecular formula is C13H17BrN2O. The Morgan fingerprint density at radius 1 is 1.35 bits per heavy atom. The number of carbonyl (C=O) groups excluding carboxylic acids is 1. The van der Waals surface area contributed by atoms with Crippen molar-refractivity contribution in [1.82, 2.24) is 10.3 Å². The molecule has 1 aromatic rings. The largest absolute Gasteiger partial charge is 0.348 e. The van der Waals surface area contributed by atoms with Crippen LogP contribution in [-0.2, 0) is 0 Å². The quantitative estimate of drug-likeness (QED) is 0.852. The van der Waals surface area contributed by atoms with Crippen LogP contribution in [0.15, 0.2) is 22.8 Å². The Morgan fingerprint density at radius 2 is 2.06 bits per heavy atom. The number of nitrogens with one attached hydrogen (secondary N) is 1. The maximum Gasteiger partial charge on any atom is 0.270 e. The summed E-state index contributed by atoms with van der Waals surface area (Å²) in [6.07, 6.45) is 4.58. The fraction of sp³-hybridized carbons (Fsp3) is 0.538. The van der Waals surface area contributed by atoms with E-state index in [1.807, 2.05) is 12.1 Å². The van der Waals surface area contributed by atoms with Gasteiger partial charge >= 0.3 is 0 Å². The number of aromatic nitrogens is 1. The first-order valence-electron chi connectivity index (χ1n) is 6.08. The van der Waals surface area contributed by atoms with Gasteiger partial charge in [0.2, 0.25) is 0 Å². The second-order valence-electron chi connectivity index (χ2n) is 4.78. The topological polar surface area (TPSA) is 42.0 Å². The highest BCUT2D eigenvalue weighted by Crippen LogP contribution is 2.23. The smallest absolute Gasteiger partial charge is 0.270 e. The van der Waals surface area contributed by atoms with Crippen LogP contribution < -0.4 is 5.32 Å². The van der Waals surface area contributed by atoms with Gasteiger partial charge < -0.3 is 5.32 Å². The molecule has 1 aliphatic rings. The van der Waals surface area contributed by atoms with Gasteiger partial charge in [-0.15, -0.1) is 0 Å². The molecule has 92 valence electrons. The lowest BCUT2D eigenvalue weighted by Crippen LogP contribution is -2.37. The van der Waals surface area contributed by atoms with Crippen molar-refractivity contribution in [2.75, 3.05) is 0 Å². The second-order valence-corrected chi connectivity index (χ2v) is 5.59. The summed E-state index contributed by atoms with van der Waals surface area (Å²) in [5.74, 6) is 0.734. The summed E-state index contributed by atoms with van der Waals surface area (Å²) in [5, 5.41) is 3.06. The van der Waals surface area contributed by atoms with E-state index in [4.69, 9.17) is 0 Å². The highest BCUT2D eigenvalue weighted by Gasteiger charge is 2.20. The molecule has 1 aromatic heterocycles. The number of amides is 1. The number of hydrogen-bond acceptors (Lipinski definition) is 2. The highest BCUT2D eigenvalue weighted by atomic mass is 79.9. The first kappa shape index (κ1) is 12.6. The van der Waals surface area contributed by atoms with Gasteiger partial charge in [0.05, 0.1) is 0 Å². The fourth-order valence-electron chi connectivity index (χ4n) is 2.20. The second kappa shape index (κ2) is 5.63. The van der Waals surface area contributed by atoms with E-state index in [0.717, 1.165) is 18.8 Å². The average molecular weight is 297 g/mol. The summed E-state index contributed by atoms with van der Waals surface area (Å²) < 4.78 is 0.697. The van der Waals surface area contributed by atoms with Crippen molar-refractivity contribution in [3.63, 3.8) is 0 Å². The van der Waals surface area contributed by atoms with Gasteiger partial charge in [0.1, 0.15) is 10.3 Å². The van der Waals surface area contributed by atoms with Crippen LogP contribution in [0.25, 0.3) is 0 Å². The maximum atomic E-state index is 12.0. The summed E-state index contributed by atoms with van der Waals surface area (Å²) in [6.45, 7) is 2.27. The van der Waals surface area contributed by atoms with Crippen LogP contribution in [-0.4, -0.2) is 16.9 Å². The molecule has 1 amide bonds. The van der Waals surface area contributed by atoms with E-state index in [1.54, 1.807) is 6.07 Å². The molecule has 1 N–H and O–H groups in total. The molecule has 0 radical (unpaired) electrons. The van der Waals surface area contributed by atoms with Crippen molar-refractivity contribution in [3.8, 4) is 0 Å². The minimum Gasteiger partial charge on any atom is -0.348 e. The number of pyridine rings is 1. The predicted molar refractivity (Wildman–Crippen MR) is 70.8 cm³/mol. The third-order valence-electron chi connectivity index (χ3n) is 3.30. The molecule has 0 aromatic carbocycles. The predicted octanol–water partition coefficient (Wildman–Crippen LogP) is 3.15. The molecule has 0 atom stereocenters. The number of halogens is 1. The van der Waals surface area contributed by atoms with Gasteiger partial charge in [-0.1, -0.05) is 13.0 Å². The van der Waals surface area contributed by atoms with E-state index in [-0.39, 0.29) is 5.91 Å². The summed E-state index contributed by atoms with van der Waals surface area (Å²) in [7, 11) is 0. The van der Waals surface area contributed by atoms with E-state index in [0.29, 0.717) is 16.3 Å². The molecule has 1 aliphatic carbocycles. The van der Waals surface area contributed by atoms with Gasteiger partial charge in [0, 0.05) is 6.04 Å². The van der Waals surface area contributed by atoms with Crippen molar-refractivity contribution >= 4 is 21.8 Å². The SMILES string of the molecule is C[C@H]1CC[C@H](NC(=O)c2cccc(Br)n2)CC1. The first-order valence-corrected chi connectivity index (χ1v) is 6.88. The van der Waals surface area contributed by atoms with Crippen molar-refractivity contribution in [2.45, 2.75) is 38.6 Å². The van der Waals surface area contributed by atoms with E-state index < -0.39 is 0 Å². The molecule has 2 rings (SSSR count). The lowest BCUT2D eigenvalue weighted by molar-refractivity contribution is 0.0917. The molecule has 1 heterocycles. The normalized spacial score (nSPS) is 24.4. The van der Waals surface area contributed by atoms with E-state index in [9.17, 15) is 4.79 Å². The van der Waals surface area contributed by atoms with Crippen molar-refractivity contribution in [3.05, 3.63) is 28.5 Å². The third-order valence-corrected chi connectivity index (χ3v) is 3.74. The van der Waals surface area contributed by atoms with Crippen LogP contribution in [0.1, 0.15) is 43.1 Å². The lowest BCUT2D eigenvalue weighted by atomic mass is 9.87. The molecule has 3 nitrogen and oxygen atoms in total. The Labute approximate surface area is 110 Å². The van der Waals surface area contributed by atoms with Crippen LogP contribution in [0.3, 0.4) is 0 Å². The summed E-state index contributed by atoms with van der Waals surface area (Å²) >= 11 is 3.27. The number of nitrogens with zero attached hydrogens (tertiary/aromatic N) is 1. The molecule has 0 bridgehead atoms. The van der Waals surface area contributed by atoms with Crippen LogP contribution in [0.2, 0.25) is 0 Å². The Balaban J connectivity index is 1.93. The van der Waals surface area contributed by atoms with Crippen molar-refractivity contribution in [1.29, 1.82) is 0 Å². The molecule has 1 fully saturated rings. The van der Waals surface area contributed by atoms with Gasteiger partial charge in [-0.2, -0.15) is 0 Å². The van der Waals surface area contributed by atoms with E-state index in [2.05, 4.69) is 33.2 Å². The van der Waals surface area contributed by atoms with E-state index >= 15 is 0 Å².